The number of nitrogen functional groups attached to an aromatic ring is 1. The van der Waals surface area contributed by atoms with E-state index in [1.165, 1.54) is 0 Å². The number of hydrogen-bond acceptors (Lipinski definition) is 4. The molecule has 0 atom stereocenters. The van der Waals surface area contributed by atoms with Crippen LogP contribution in [0, 0.1) is 6.92 Å². The molecule has 0 aliphatic heterocycles. The van der Waals surface area contributed by atoms with Crippen LogP contribution < -0.4 is 5.73 Å². The third-order valence-corrected chi connectivity index (χ3v) is 2.57. The summed E-state index contributed by atoms with van der Waals surface area (Å²) in [6, 6.07) is 1.68. The van der Waals surface area contributed by atoms with Gasteiger partial charge in [-0.05, 0) is 27.1 Å². The SMILES string of the molecule is Cc1ncc(N)cc1C(=O)N(C)CCN(C)C. The summed E-state index contributed by atoms with van der Waals surface area (Å²) in [5.74, 6) is -0.0378. The van der Waals surface area contributed by atoms with Crippen molar-refractivity contribution in [3.63, 3.8) is 0 Å². The Kier molecular flexibility index (Phi) is 4.45. The van der Waals surface area contributed by atoms with Crippen molar-refractivity contribution in [3.05, 3.63) is 23.5 Å². The van der Waals surface area contributed by atoms with Crippen LogP contribution in [0.15, 0.2) is 12.3 Å². The van der Waals surface area contributed by atoms with Crippen molar-refractivity contribution in [2.24, 2.45) is 0 Å². The molecule has 0 radical (unpaired) electrons. The molecule has 1 aromatic heterocycles. The lowest BCUT2D eigenvalue weighted by Crippen LogP contribution is -2.34. The second-order valence-corrected chi connectivity index (χ2v) is 4.43. The molecule has 0 aliphatic rings. The Hall–Kier alpha value is -1.62. The molecule has 2 N–H and O–H groups in total. The molecule has 0 unspecified atom stereocenters. The summed E-state index contributed by atoms with van der Waals surface area (Å²) in [4.78, 5) is 20.0. The fraction of sp³-hybridized carbons (Fsp3) is 0.500. The molecular formula is C12H20N4O. The molecule has 0 spiro atoms. The molecule has 0 bridgehead atoms. The van der Waals surface area contributed by atoms with Gasteiger partial charge in [-0.25, -0.2) is 0 Å². The van der Waals surface area contributed by atoms with Crippen LogP contribution in [0.1, 0.15) is 16.1 Å². The zero-order valence-electron chi connectivity index (χ0n) is 10.9. The molecule has 1 amide bonds. The van der Waals surface area contributed by atoms with Crippen molar-refractivity contribution in [1.29, 1.82) is 0 Å². The number of nitrogens with zero attached hydrogens (tertiary/aromatic N) is 3. The maximum Gasteiger partial charge on any atom is 0.255 e. The Bertz CT molecular complexity index is 403. The molecule has 0 saturated carbocycles. The summed E-state index contributed by atoms with van der Waals surface area (Å²) in [5.41, 5.74) is 7.44. The number of carbonyl (C=O) groups excluding carboxylic acids is 1. The number of rotatable bonds is 4. The third kappa shape index (κ3) is 3.71. The molecule has 1 rings (SSSR count). The van der Waals surface area contributed by atoms with E-state index in [0.29, 0.717) is 23.5 Å². The van der Waals surface area contributed by atoms with Crippen LogP contribution in [0.25, 0.3) is 0 Å². The standard InChI is InChI=1S/C12H20N4O/c1-9-11(7-10(13)8-14-9)12(17)16(4)6-5-15(2)3/h7-8H,5-6,13H2,1-4H3. The molecular weight excluding hydrogens is 216 g/mol. The molecule has 0 aliphatic carbocycles. The summed E-state index contributed by atoms with van der Waals surface area (Å²) in [5, 5.41) is 0. The average molecular weight is 236 g/mol. The highest BCUT2D eigenvalue weighted by Gasteiger charge is 2.15. The quantitative estimate of drug-likeness (QED) is 0.832. The minimum Gasteiger partial charge on any atom is -0.397 e. The van der Waals surface area contributed by atoms with Crippen LogP contribution >= 0.6 is 0 Å². The van der Waals surface area contributed by atoms with Crippen molar-refractivity contribution in [3.8, 4) is 0 Å². The van der Waals surface area contributed by atoms with E-state index in [0.717, 1.165) is 6.54 Å². The van der Waals surface area contributed by atoms with E-state index in [2.05, 4.69) is 4.98 Å². The number of anilines is 1. The fourth-order valence-corrected chi connectivity index (χ4v) is 1.42. The summed E-state index contributed by atoms with van der Waals surface area (Å²) in [6.45, 7) is 3.32. The van der Waals surface area contributed by atoms with Crippen LogP contribution in [-0.2, 0) is 0 Å². The van der Waals surface area contributed by atoms with Gasteiger partial charge in [0, 0.05) is 20.1 Å². The van der Waals surface area contributed by atoms with Crippen LogP contribution in [0.5, 0.6) is 0 Å². The molecule has 1 heterocycles. The highest BCUT2D eigenvalue weighted by atomic mass is 16.2. The topological polar surface area (TPSA) is 62.5 Å². The van der Waals surface area contributed by atoms with Crippen LogP contribution in [0.2, 0.25) is 0 Å². The van der Waals surface area contributed by atoms with Gasteiger partial charge in [0.2, 0.25) is 0 Å². The lowest BCUT2D eigenvalue weighted by molar-refractivity contribution is 0.0785. The first kappa shape index (κ1) is 13.4. The van der Waals surface area contributed by atoms with E-state index < -0.39 is 0 Å². The van der Waals surface area contributed by atoms with Gasteiger partial charge in [-0.1, -0.05) is 0 Å². The molecule has 5 nitrogen and oxygen atoms in total. The van der Waals surface area contributed by atoms with Crippen LogP contribution in [-0.4, -0.2) is 54.9 Å². The number of pyridine rings is 1. The number of hydrogen-bond donors (Lipinski definition) is 1. The predicted molar refractivity (Wildman–Crippen MR) is 68.9 cm³/mol. The molecule has 0 saturated heterocycles. The van der Waals surface area contributed by atoms with E-state index >= 15 is 0 Å². The second kappa shape index (κ2) is 5.63. The Labute approximate surface area is 102 Å². The maximum atomic E-state index is 12.1. The number of aromatic nitrogens is 1. The first-order valence-electron chi connectivity index (χ1n) is 5.54. The Morgan fingerprint density at radius 2 is 2.00 bits per heavy atom. The van der Waals surface area contributed by atoms with Gasteiger partial charge in [0.25, 0.3) is 5.91 Å². The highest BCUT2D eigenvalue weighted by Crippen LogP contribution is 2.11. The van der Waals surface area contributed by atoms with E-state index in [1.807, 2.05) is 25.9 Å². The zero-order chi connectivity index (χ0) is 13.0. The molecule has 5 heteroatoms. The van der Waals surface area contributed by atoms with Gasteiger partial charge in [-0.15, -0.1) is 0 Å². The van der Waals surface area contributed by atoms with Gasteiger partial charge >= 0.3 is 0 Å². The van der Waals surface area contributed by atoms with E-state index in [9.17, 15) is 4.79 Å². The summed E-state index contributed by atoms with van der Waals surface area (Å²) >= 11 is 0. The lowest BCUT2D eigenvalue weighted by atomic mass is 10.1. The van der Waals surface area contributed by atoms with Crippen molar-refractivity contribution in [1.82, 2.24) is 14.8 Å². The van der Waals surface area contributed by atoms with E-state index in [4.69, 9.17) is 5.73 Å². The number of carbonyl (C=O) groups is 1. The second-order valence-electron chi connectivity index (χ2n) is 4.43. The van der Waals surface area contributed by atoms with Gasteiger partial charge in [-0.3, -0.25) is 9.78 Å². The van der Waals surface area contributed by atoms with Gasteiger partial charge in [0.15, 0.2) is 0 Å². The van der Waals surface area contributed by atoms with Gasteiger partial charge in [0.05, 0.1) is 23.1 Å². The van der Waals surface area contributed by atoms with Gasteiger partial charge in [-0.2, -0.15) is 0 Å². The third-order valence-electron chi connectivity index (χ3n) is 2.57. The van der Waals surface area contributed by atoms with Crippen molar-refractivity contribution in [2.45, 2.75) is 6.92 Å². The minimum absolute atomic E-state index is 0.0378. The first-order valence-corrected chi connectivity index (χ1v) is 5.54. The van der Waals surface area contributed by atoms with Crippen LogP contribution in [0.3, 0.4) is 0 Å². The number of amides is 1. The molecule has 94 valence electrons. The largest absolute Gasteiger partial charge is 0.397 e. The highest BCUT2D eigenvalue weighted by molar-refractivity contribution is 5.95. The fourth-order valence-electron chi connectivity index (χ4n) is 1.42. The maximum absolute atomic E-state index is 12.1. The normalized spacial score (nSPS) is 10.6. The summed E-state index contributed by atoms with van der Waals surface area (Å²) in [6.07, 6.45) is 1.56. The van der Waals surface area contributed by atoms with Crippen molar-refractivity contribution in [2.75, 3.05) is 40.0 Å². The molecule has 17 heavy (non-hydrogen) atoms. The Balaban J connectivity index is 2.78. The monoisotopic (exact) mass is 236 g/mol. The lowest BCUT2D eigenvalue weighted by Gasteiger charge is -2.20. The smallest absolute Gasteiger partial charge is 0.255 e. The van der Waals surface area contributed by atoms with Gasteiger partial charge in [0.1, 0.15) is 0 Å². The Morgan fingerprint density at radius 1 is 1.35 bits per heavy atom. The number of likely N-dealkylation sites (N-methyl/N-ethyl adjacent to an activating group) is 2. The molecule has 0 aromatic carbocycles. The van der Waals surface area contributed by atoms with E-state index in [1.54, 1.807) is 24.2 Å². The molecule has 0 fully saturated rings. The Morgan fingerprint density at radius 3 is 2.59 bits per heavy atom. The zero-order valence-corrected chi connectivity index (χ0v) is 10.9. The summed E-state index contributed by atoms with van der Waals surface area (Å²) in [7, 11) is 5.74. The minimum atomic E-state index is -0.0378. The number of nitrogens with two attached hydrogens (primary N) is 1. The van der Waals surface area contributed by atoms with E-state index in [-0.39, 0.29) is 5.91 Å². The first-order chi connectivity index (χ1) is 7.91. The number of aryl methyl sites for hydroxylation is 1. The molecule has 1 aromatic rings. The van der Waals surface area contributed by atoms with Crippen molar-refractivity contribution < 1.29 is 4.79 Å². The van der Waals surface area contributed by atoms with Gasteiger partial charge < -0.3 is 15.5 Å². The average Bonchev–Trinajstić information content (AvgIpc) is 2.28. The van der Waals surface area contributed by atoms with Crippen LogP contribution in [0.4, 0.5) is 5.69 Å². The van der Waals surface area contributed by atoms with Crippen molar-refractivity contribution >= 4 is 11.6 Å². The summed E-state index contributed by atoms with van der Waals surface area (Å²) < 4.78 is 0. The predicted octanol–water partition coefficient (Wildman–Crippen LogP) is 0.606.